The first-order valence-electron chi connectivity index (χ1n) is 7.58. The van der Waals surface area contributed by atoms with Gasteiger partial charge in [0.2, 0.25) is 5.91 Å². The third-order valence-corrected chi connectivity index (χ3v) is 5.19. The second-order valence-corrected chi connectivity index (χ2v) is 6.69. The number of hydrogen-bond donors (Lipinski definition) is 2. The van der Waals surface area contributed by atoms with Crippen molar-refractivity contribution in [1.82, 2.24) is 15.5 Å². The van der Waals surface area contributed by atoms with Crippen LogP contribution in [-0.2, 0) is 4.79 Å². The lowest BCUT2D eigenvalue weighted by atomic mass is 10.0. The highest BCUT2D eigenvalue weighted by Crippen LogP contribution is 2.28. The van der Waals surface area contributed by atoms with Gasteiger partial charge >= 0.3 is 6.03 Å². The molecular formula is C16H23N3O2S. The minimum Gasteiger partial charge on any atom is -0.341 e. The van der Waals surface area contributed by atoms with E-state index in [2.05, 4.69) is 22.5 Å². The van der Waals surface area contributed by atoms with Crippen molar-refractivity contribution in [3.8, 4) is 0 Å². The standard InChI is InChI=1S/C16H23N3O2S/c1-3-13-11-19(9-10-22-13)14(12-7-5-4-6-8-12)15(20)18-16(21)17-2/h4-8,13-14H,3,9-11H2,1-2H3,(H2,17,18,20,21)/t13-,14+/m1/s1. The van der Waals surface area contributed by atoms with Crippen molar-refractivity contribution in [3.63, 3.8) is 0 Å². The average Bonchev–Trinajstić information content (AvgIpc) is 2.56. The molecule has 0 bridgehead atoms. The molecule has 0 aliphatic carbocycles. The van der Waals surface area contributed by atoms with E-state index >= 15 is 0 Å². The normalized spacial score (nSPS) is 20.2. The minimum atomic E-state index is -0.468. The molecule has 0 aromatic heterocycles. The summed E-state index contributed by atoms with van der Waals surface area (Å²) in [5.41, 5.74) is 0.922. The zero-order valence-electron chi connectivity index (χ0n) is 13.0. The van der Waals surface area contributed by atoms with E-state index in [1.165, 1.54) is 7.05 Å². The lowest BCUT2D eigenvalue weighted by molar-refractivity contribution is -0.125. The van der Waals surface area contributed by atoms with Crippen LogP contribution in [0.5, 0.6) is 0 Å². The molecule has 1 aliphatic heterocycles. The molecule has 0 spiro atoms. The van der Waals surface area contributed by atoms with Crippen LogP contribution in [-0.4, -0.2) is 48.0 Å². The van der Waals surface area contributed by atoms with E-state index in [0.717, 1.165) is 30.8 Å². The van der Waals surface area contributed by atoms with Crippen LogP contribution in [0.4, 0.5) is 4.79 Å². The van der Waals surface area contributed by atoms with Gasteiger partial charge in [0.25, 0.3) is 0 Å². The quantitative estimate of drug-likeness (QED) is 0.890. The lowest BCUT2D eigenvalue weighted by Crippen LogP contribution is -2.49. The first-order chi connectivity index (χ1) is 10.7. The topological polar surface area (TPSA) is 61.4 Å². The van der Waals surface area contributed by atoms with Crippen molar-refractivity contribution < 1.29 is 9.59 Å². The Balaban J connectivity index is 2.21. The summed E-state index contributed by atoms with van der Waals surface area (Å²) in [5, 5.41) is 5.39. The molecule has 2 N–H and O–H groups in total. The number of nitrogens with zero attached hydrogens (tertiary/aromatic N) is 1. The van der Waals surface area contributed by atoms with Crippen molar-refractivity contribution in [1.29, 1.82) is 0 Å². The van der Waals surface area contributed by atoms with E-state index in [1.807, 2.05) is 42.1 Å². The van der Waals surface area contributed by atoms with Gasteiger partial charge in [-0.15, -0.1) is 0 Å². The van der Waals surface area contributed by atoms with Gasteiger partial charge in [-0.1, -0.05) is 37.3 Å². The SMILES string of the molecule is CC[C@@H]1CN([C@H](C(=O)NC(=O)NC)c2ccccc2)CCS1. The molecule has 0 unspecified atom stereocenters. The number of urea groups is 1. The Morgan fingerprint density at radius 2 is 2.09 bits per heavy atom. The monoisotopic (exact) mass is 321 g/mol. The van der Waals surface area contributed by atoms with Crippen LogP contribution in [0.3, 0.4) is 0 Å². The average molecular weight is 321 g/mol. The van der Waals surface area contributed by atoms with Gasteiger partial charge in [0.05, 0.1) is 0 Å². The Kier molecular flexibility index (Phi) is 6.27. The number of hydrogen-bond acceptors (Lipinski definition) is 4. The second-order valence-electron chi connectivity index (χ2n) is 5.28. The smallest absolute Gasteiger partial charge is 0.321 e. The molecule has 0 radical (unpaired) electrons. The number of carbonyl (C=O) groups excluding carboxylic acids is 2. The summed E-state index contributed by atoms with van der Waals surface area (Å²) >= 11 is 1.96. The van der Waals surface area contributed by atoms with E-state index in [1.54, 1.807) is 0 Å². The summed E-state index contributed by atoms with van der Waals surface area (Å²) in [6, 6.07) is 8.76. The maximum atomic E-state index is 12.6. The van der Waals surface area contributed by atoms with Crippen LogP contribution in [0.15, 0.2) is 30.3 Å². The first-order valence-corrected chi connectivity index (χ1v) is 8.63. The maximum Gasteiger partial charge on any atom is 0.321 e. The van der Waals surface area contributed by atoms with Gasteiger partial charge < -0.3 is 5.32 Å². The highest BCUT2D eigenvalue weighted by molar-refractivity contribution is 8.00. The van der Waals surface area contributed by atoms with Gasteiger partial charge in [-0.25, -0.2) is 4.79 Å². The third-order valence-electron chi connectivity index (χ3n) is 3.82. The summed E-state index contributed by atoms with van der Waals surface area (Å²) in [4.78, 5) is 26.3. The van der Waals surface area contributed by atoms with E-state index in [0.29, 0.717) is 5.25 Å². The molecule has 5 nitrogen and oxygen atoms in total. The highest BCUT2D eigenvalue weighted by atomic mass is 32.2. The van der Waals surface area contributed by atoms with Crippen LogP contribution in [0, 0.1) is 0 Å². The van der Waals surface area contributed by atoms with Gasteiger partial charge in [0.1, 0.15) is 6.04 Å². The lowest BCUT2D eigenvalue weighted by Gasteiger charge is -2.37. The van der Waals surface area contributed by atoms with E-state index < -0.39 is 12.1 Å². The van der Waals surface area contributed by atoms with E-state index in [4.69, 9.17) is 0 Å². The zero-order chi connectivity index (χ0) is 15.9. The fourth-order valence-corrected chi connectivity index (χ4v) is 3.84. The van der Waals surface area contributed by atoms with Crippen molar-refractivity contribution in [2.24, 2.45) is 0 Å². The summed E-state index contributed by atoms with van der Waals surface area (Å²) in [5.74, 6) is 0.738. The van der Waals surface area contributed by atoms with Crippen LogP contribution in [0.2, 0.25) is 0 Å². The molecule has 2 atom stereocenters. The summed E-state index contributed by atoms with van der Waals surface area (Å²) in [6.45, 7) is 3.88. The molecule has 1 saturated heterocycles. The molecule has 2 rings (SSSR count). The Bertz CT molecular complexity index is 509. The minimum absolute atomic E-state index is 0.271. The molecule has 6 heteroatoms. The fraction of sp³-hybridized carbons (Fsp3) is 0.500. The fourth-order valence-electron chi connectivity index (χ4n) is 2.63. The molecular weight excluding hydrogens is 298 g/mol. The van der Waals surface area contributed by atoms with Gasteiger partial charge in [0.15, 0.2) is 0 Å². The summed E-state index contributed by atoms with van der Waals surface area (Å²) in [7, 11) is 1.50. The first kappa shape index (κ1) is 16.8. The molecule has 1 aliphatic rings. The van der Waals surface area contributed by atoms with Crippen LogP contribution < -0.4 is 10.6 Å². The van der Waals surface area contributed by atoms with Crippen molar-refractivity contribution in [2.75, 3.05) is 25.9 Å². The number of nitrogens with one attached hydrogen (secondary N) is 2. The van der Waals surface area contributed by atoms with Gasteiger partial charge in [0, 0.05) is 31.1 Å². The largest absolute Gasteiger partial charge is 0.341 e. The van der Waals surface area contributed by atoms with Crippen LogP contribution in [0.1, 0.15) is 24.9 Å². The van der Waals surface area contributed by atoms with Crippen LogP contribution >= 0.6 is 11.8 Å². The summed E-state index contributed by atoms with van der Waals surface area (Å²) < 4.78 is 0. The number of carbonyl (C=O) groups is 2. The second kappa shape index (κ2) is 8.19. The number of rotatable bonds is 4. The maximum absolute atomic E-state index is 12.6. The Labute approximate surface area is 135 Å². The van der Waals surface area contributed by atoms with Crippen molar-refractivity contribution in [2.45, 2.75) is 24.6 Å². The zero-order valence-corrected chi connectivity index (χ0v) is 13.9. The molecule has 22 heavy (non-hydrogen) atoms. The summed E-state index contributed by atoms with van der Waals surface area (Å²) in [6.07, 6.45) is 1.08. The number of benzene rings is 1. The molecule has 0 saturated carbocycles. The molecule has 1 aromatic carbocycles. The Hall–Kier alpha value is -1.53. The Morgan fingerprint density at radius 3 is 2.73 bits per heavy atom. The molecule has 1 aromatic rings. The van der Waals surface area contributed by atoms with Gasteiger partial charge in [-0.2, -0.15) is 11.8 Å². The molecule has 1 fully saturated rings. The molecule has 1 heterocycles. The number of imide groups is 1. The predicted molar refractivity (Wildman–Crippen MR) is 89.9 cm³/mol. The number of amides is 3. The third kappa shape index (κ3) is 4.24. The Morgan fingerprint density at radius 1 is 1.36 bits per heavy atom. The highest BCUT2D eigenvalue weighted by Gasteiger charge is 2.32. The van der Waals surface area contributed by atoms with E-state index in [9.17, 15) is 9.59 Å². The molecule has 3 amide bonds. The van der Waals surface area contributed by atoms with Gasteiger partial charge in [-0.3, -0.25) is 15.0 Å². The predicted octanol–water partition coefficient (Wildman–Crippen LogP) is 2.01. The van der Waals surface area contributed by atoms with Crippen LogP contribution in [0.25, 0.3) is 0 Å². The van der Waals surface area contributed by atoms with Crippen molar-refractivity contribution in [3.05, 3.63) is 35.9 Å². The van der Waals surface area contributed by atoms with E-state index in [-0.39, 0.29) is 5.91 Å². The number of thioether (sulfide) groups is 1. The molecule has 120 valence electrons. The van der Waals surface area contributed by atoms with Crippen molar-refractivity contribution >= 4 is 23.7 Å². The van der Waals surface area contributed by atoms with Gasteiger partial charge in [-0.05, 0) is 12.0 Å².